The van der Waals surface area contributed by atoms with Crippen LogP contribution in [0.15, 0.2) is 46.4 Å². The summed E-state index contributed by atoms with van der Waals surface area (Å²) in [6.45, 7) is 3.12. The number of furan rings is 1. The summed E-state index contributed by atoms with van der Waals surface area (Å²) in [4.78, 5) is 0. The number of nitrogens with one attached hydrogen (secondary N) is 1. The Morgan fingerprint density at radius 1 is 1.25 bits per heavy atom. The second-order valence-corrected chi connectivity index (χ2v) is 5.61. The van der Waals surface area contributed by atoms with Crippen LogP contribution in [0.3, 0.4) is 0 Å². The molecule has 1 heterocycles. The van der Waals surface area contributed by atoms with Crippen LogP contribution < -0.4 is 5.32 Å². The van der Waals surface area contributed by atoms with Gasteiger partial charge in [-0.3, -0.25) is 0 Å². The van der Waals surface area contributed by atoms with E-state index in [0.29, 0.717) is 6.04 Å². The maximum absolute atomic E-state index is 6.03. The molecular formula is C18H23NO. The van der Waals surface area contributed by atoms with Crippen molar-refractivity contribution in [3.63, 3.8) is 0 Å². The highest BCUT2D eigenvalue weighted by atomic mass is 16.3. The zero-order valence-electron chi connectivity index (χ0n) is 12.2. The number of hydrogen-bond acceptors (Lipinski definition) is 2. The zero-order valence-corrected chi connectivity index (χ0v) is 12.2. The average molecular weight is 269 g/mol. The largest absolute Gasteiger partial charge is 0.459 e. The Labute approximate surface area is 120 Å². The van der Waals surface area contributed by atoms with Crippen molar-refractivity contribution in [2.45, 2.75) is 45.1 Å². The molecule has 0 bridgehead atoms. The molecule has 0 spiro atoms. The van der Waals surface area contributed by atoms with E-state index in [9.17, 15) is 0 Å². The molecule has 2 aromatic rings. The summed E-state index contributed by atoms with van der Waals surface area (Å²) in [7, 11) is 0. The van der Waals surface area contributed by atoms with Crippen LogP contribution in [-0.4, -0.2) is 6.54 Å². The lowest BCUT2D eigenvalue weighted by molar-refractivity contribution is 0.428. The first kappa shape index (κ1) is 13.4. The number of hydrogen-bond donors (Lipinski definition) is 1. The summed E-state index contributed by atoms with van der Waals surface area (Å²) in [5.41, 5.74) is 2.57. The Kier molecular flexibility index (Phi) is 4.22. The first-order valence-corrected chi connectivity index (χ1v) is 7.76. The standard InChI is InChI=1S/C18H23NO/c1-2-19-16(12-14-8-4-3-5-9-14)18-13-15-10-6-7-11-17(15)20-18/h6-8,10-11,13,16,19H,2-5,9,12H2,1H3. The summed E-state index contributed by atoms with van der Waals surface area (Å²) in [5.74, 6) is 1.07. The van der Waals surface area contributed by atoms with Gasteiger partial charge in [0.25, 0.3) is 0 Å². The SMILES string of the molecule is CCNC(CC1=CCCCC1)c1cc2ccccc2o1. The van der Waals surface area contributed by atoms with E-state index in [1.165, 1.54) is 31.1 Å². The maximum Gasteiger partial charge on any atom is 0.134 e. The van der Waals surface area contributed by atoms with E-state index in [2.05, 4.69) is 36.5 Å². The van der Waals surface area contributed by atoms with Gasteiger partial charge in [-0.05, 0) is 50.8 Å². The third kappa shape index (κ3) is 2.96. The van der Waals surface area contributed by atoms with E-state index in [1.807, 2.05) is 12.1 Å². The van der Waals surface area contributed by atoms with Crippen molar-refractivity contribution in [2.75, 3.05) is 6.54 Å². The number of para-hydroxylation sites is 1. The van der Waals surface area contributed by atoms with E-state index >= 15 is 0 Å². The smallest absolute Gasteiger partial charge is 0.134 e. The van der Waals surface area contributed by atoms with Gasteiger partial charge in [0, 0.05) is 5.39 Å². The fourth-order valence-corrected chi connectivity index (χ4v) is 3.05. The minimum atomic E-state index is 0.303. The van der Waals surface area contributed by atoms with Crippen LogP contribution in [0.4, 0.5) is 0 Å². The number of fused-ring (bicyclic) bond motifs is 1. The van der Waals surface area contributed by atoms with Crippen LogP contribution in [0, 0.1) is 0 Å². The van der Waals surface area contributed by atoms with Crippen LogP contribution in [0.5, 0.6) is 0 Å². The van der Waals surface area contributed by atoms with Crippen LogP contribution in [0.25, 0.3) is 11.0 Å². The second-order valence-electron chi connectivity index (χ2n) is 5.61. The Morgan fingerprint density at radius 3 is 2.90 bits per heavy atom. The number of allylic oxidation sites excluding steroid dienone is 1. The Hall–Kier alpha value is -1.54. The third-order valence-corrected chi connectivity index (χ3v) is 4.09. The van der Waals surface area contributed by atoms with E-state index in [0.717, 1.165) is 24.3 Å². The van der Waals surface area contributed by atoms with Crippen LogP contribution in [0.1, 0.15) is 50.8 Å². The Balaban J connectivity index is 1.83. The number of rotatable bonds is 5. The third-order valence-electron chi connectivity index (χ3n) is 4.09. The predicted molar refractivity (Wildman–Crippen MR) is 83.8 cm³/mol. The molecule has 2 heteroatoms. The average Bonchev–Trinajstić information content (AvgIpc) is 2.92. The summed E-state index contributed by atoms with van der Waals surface area (Å²) < 4.78 is 6.03. The fraction of sp³-hybridized carbons (Fsp3) is 0.444. The summed E-state index contributed by atoms with van der Waals surface area (Å²) in [6, 6.07) is 10.7. The van der Waals surface area contributed by atoms with E-state index in [4.69, 9.17) is 4.42 Å². The van der Waals surface area contributed by atoms with Gasteiger partial charge < -0.3 is 9.73 Å². The fourth-order valence-electron chi connectivity index (χ4n) is 3.05. The first-order valence-electron chi connectivity index (χ1n) is 7.76. The molecule has 1 aromatic carbocycles. The minimum absolute atomic E-state index is 0.303. The summed E-state index contributed by atoms with van der Waals surface area (Å²) >= 11 is 0. The lowest BCUT2D eigenvalue weighted by Crippen LogP contribution is -2.21. The van der Waals surface area contributed by atoms with Crippen molar-refractivity contribution >= 4 is 11.0 Å². The molecule has 0 saturated heterocycles. The van der Waals surface area contributed by atoms with Gasteiger partial charge in [-0.1, -0.05) is 36.8 Å². The molecule has 1 aromatic heterocycles. The van der Waals surface area contributed by atoms with Crippen molar-refractivity contribution in [1.29, 1.82) is 0 Å². The molecule has 1 aliphatic rings. The Morgan fingerprint density at radius 2 is 2.15 bits per heavy atom. The molecule has 0 aliphatic heterocycles. The summed E-state index contributed by atoms with van der Waals surface area (Å²) in [6.07, 6.45) is 8.69. The summed E-state index contributed by atoms with van der Waals surface area (Å²) in [5, 5.41) is 4.77. The van der Waals surface area contributed by atoms with Gasteiger partial charge in [-0.15, -0.1) is 0 Å². The molecule has 0 fully saturated rings. The van der Waals surface area contributed by atoms with Crippen LogP contribution in [-0.2, 0) is 0 Å². The predicted octanol–water partition coefficient (Wildman–Crippen LogP) is 4.97. The molecule has 20 heavy (non-hydrogen) atoms. The van der Waals surface area contributed by atoms with E-state index in [-0.39, 0.29) is 0 Å². The number of benzene rings is 1. The van der Waals surface area contributed by atoms with Crippen molar-refractivity contribution in [1.82, 2.24) is 5.32 Å². The molecule has 0 radical (unpaired) electrons. The first-order chi connectivity index (χ1) is 9.86. The van der Waals surface area contributed by atoms with Crippen molar-refractivity contribution < 1.29 is 4.42 Å². The van der Waals surface area contributed by atoms with E-state index in [1.54, 1.807) is 5.57 Å². The van der Waals surface area contributed by atoms with Crippen molar-refractivity contribution in [2.24, 2.45) is 0 Å². The van der Waals surface area contributed by atoms with Crippen LogP contribution >= 0.6 is 0 Å². The van der Waals surface area contributed by atoms with Gasteiger partial charge in [0.1, 0.15) is 11.3 Å². The molecule has 3 rings (SSSR count). The quantitative estimate of drug-likeness (QED) is 0.775. The highest BCUT2D eigenvalue weighted by Crippen LogP contribution is 2.30. The van der Waals surface area contributed by atoms with Crippen molar-refractivity contribution in [3.05, 3.63) is 47.7 Å². The van der Waals surface area contributed by atoms with Gasteiger partial charge in [0.2, 0.25) is 0 Å². The topological polar surface area (TPSA) is 25.2 Å². The van der Waals surface area contributed by atoms with Crippen molar-refractivity contribution in [3.8, 4) is 0 Å². The molecule has 2 nitrogen and oxygen atoms in total. The highest BCUT2D eigenvalue weighted by Gasteiger charge is 2.17. The molecule has 1 aliphatic carbocycles. The van der Waals surface area contributed by atoms with Gasteiger partial charge in [0.05, 0.1) is 6.04 Å². The molecule has 1 unspecified atom stereocenters. The lowest BCUT2D eigenvalue weighted by atomic mass is 9.93. The van der Waals surface area contributed by atoms with Crippen LogP contribution in [0.2, 0.25) is 0 Å². The maximum atomic E-state index is 6.03. The molecule has 0 saturated carbocycles. The zero-order chi connectivity index (χ0) is 13.8. The monoisotopic (exact) mass is 269 g/mol. The Bertz CT molecular complexity index is 563. The lowest BCUT2D eigenvalue weighted by Gasteiger charge is -2.19. The second kappa shape index (κ2) is 6.27. The molecule has 1 N–H and O–H groups in total. The van der Waals surface area contributed by atoms with Gasteiger partial charge in [0.15, 0.2) is 0 Å². The minimum Gasteiger partial charge on any atom is -0.459 e. The molecule has 106 valence electrons. The van der Waals surface area contributed by atoms with Gasteiger partial charge in [-0.2, -0.15) is 0 Å². The van der Waals surface area contributed by atoms with E-state index < -0.39 is 0 Å². The molecule has 0 amide bonds. The van der Waals surface area contributed by atoms with Gasteiger partial charge in [-0.25, -0.2) is 0 Å². The molecule has 1 atom stereocenters. The van der Waals surface area contributed by atoms with Gasteiger partial charge >= 0.3 is 0 Å². The highest BCUT2D eigenvalue weighted by molar-refractivity contribution is 5.77. The molecular weight excluding hydrogens is 246 g/mol. The normalized spacial score (nSPS) is 17.1.